The second-order valence-corrected chi connectivity index (χ2v) is 8.90. The van der Waals surface area contributed by atoms with E-state index in [1.165, 1.54) is 0 Å². The smallest absolute Gasteiger partial charge is 0.273 e. The van der Waals surface area contributed by atoms with Crippen molar-refractivity contribution in [1.29, 1.82) is 0 Å². The van der Waals surface area contributed by atoms with Crippen molar-refractivity contribution in [2.24, 2.45) is 0 Å². The molecule has 0 radical (unpaired) electrons. The van der Waals surface area contributed by atoms with Gasteiger partial charge in [-0.1, -0.05) is 17.7 Å². The predicted molar refractivity (Wildman–Crippen MR) is 133 cm³/mol. The van der Waals surface area contributed by atoms with E-state index in [-0.39, 0.29) is 17.8 Å². The Bertz CT molecular complexity index is 1200. The summed E-state index contributed by atoms with van der Waals surface area (Å²) in [4.78, 5) is 15.4. The monoisotopic (exact) mass is 479 g/mol. The van der Waals surface area contributed by atoms with Gasteiger partial charge in [-0.2, -0.15) is 5.10 Å². The lowest BCUT2D eigenvalue weighted by Gasteiger charge is -2.27. The highest BCUT2D eigenvalue weighted by molar-refractivity contribution is 6.00. The highest BCUT2D eigenvalue weighted by Gasteiger charge is 2.42. The Balaban J connectivity index is 1.80. The number of aryl methyl sites for hydroxylation is 1. The van der Waals surface area contributed by atoms with Gasteiger partial charge < -0.3 is 24.2 Å². The van der Waals surface area contributed by atoms with Crippen LogP contribution in [-0.4, -0.2) is 59.1 Å². The average Bonchev–Trinajstić information content (AvgIpc) is 3.37. The maximum Gasteiger partial charge on any atom is 0.273 e. The van der Waals surface area contributed by atoms with Gasteiger partial charge in [-0.15, -0.1) is 0 Å². The number of nitrogens with zero attached hydrogens (tertiary/aromatic N) is 2. The molecule has 0 unspecified atom stereocenters. The van der Waals surface area contributed by atoms with E-state index in [9.17, 15) is 9.90 Å². The molecule has 0 saturated carbocycles. The van der Waals surface area contributed by atoms with Crippen molar-refractivity contribution in [2.75, 3.05) is 26.9 Å². The first kappa shape index (κ1) is 24.6. The average molecular weight is 480 g/mol. The number of aromatic nitrogens is 2. The molecule has 0 spiro atoms. The van der Waals surface area contributed by atoms with E-state index >= 15 is 0 Å². The molecule has 0 saturated heterocycles. The summed E-state index contributed by atoms with van der Waals surface area (Å²) in [5, 5.41) is 18.0. The molecule has 2 N–H and O–H groups in total. The Hall–Kier alpha value is -3.52. The van der Waals surface area contributed by atoms with E-state index in [1.807, 2.05) is 62.9 Å². The number of fused-ring (bicyclic) bond motifs is 1. The number of methoxy groups -OCH3 is 1. The van der Waals surface area contributed by atoms with Crippen LogP contribution in [-0.2, 0) is 4.74 Å². The normalized spacial score (nSPS) is 15.1. The number of amides is 1. The van der Waals surface area contributed by atoms with E-state index in [2.05, 4.69) is 10.2 Å². The number of rotatable bonds is 10. The van der Waals surface area contributed by atoms with Crippen molar-refractivity contribution >= 4 is 5.91 Å². The molecule has 1 amide bonds. The zero-order chi connectivity index (χ0) is 25.1. The third-order valence-corrected chi connectivity index (χ3v) is 6.07. The lowest BCUT2D eigenvalue weighted by molar-refractivity contribution is 0.0601. The summed E-state index contributed by atoms with van der Waals surface area (Å²) >= 11 is 0. The van der Waals surface area contributed by atoms with Crippen LogP contribution in [0.2, 0.25) is 0 Å². The van der Waals surface area contributed by atoms with E-state index in [4.69, 9.17) is 14.2 Å². The molecule has 1 aliphatic heterocycles. The quantitative estimate of drug-likeness (QED) is 0.403. The summed E-state index contributed by atoms with van der Waals surface area (Å²) < 4.78 is 17.0. The Labute approximate surface area is 205 Å². The molecule has 0 fully saturated rings. The van der Waals surface area contributed by atoms with Gasteiger partial charge in [0.1, 0.15) is 17.1 Å². The van der Waals surface area contributed by atoms with Crippen LogP contribution in [0, 0.1) is 6.92 Å². The lowest BCUT2D eigenvalue weighted by Crippen LogP contribution is -2.31. The summed E-state index contributed by atoms with van der Waals surface area (Å²) in [6, 6.07) is 10.7. The zero-order valence-electron chi connectivity index (χ0n) is 20.9. The number of carbonyl (C=O) groups is 1. The third kappa shape index (κ3) is 4.84. The van der Waals surface area contributed by atoms with Gasteiger partial charge in [0, 0.05) is 24.3 Å². The highest BCUT2D eigenvalue weighted by Crippen LogP contribution is 2.46. The fourth-order valence-corrected chi connectivity index (χ4v) is 4.50. The predicted octanol–water partition coefficient (Wildman–Crippen LogP) is 4.86. The van der Waals surface area contributed by atoms with Gasteiger partial charge in [-0.05, 0) is 63.9 Å². The maximum atomic E-state index is 13.5. The largest absolute Gasteiger partial charge is 0.507 e. The summed E-state index contributed by atoms with van der Waals surface area (Å²) in [6.45, 7) is 9.44. The standard InChI is InChI=1S/C27H33N3O5/c1-6-34-21-11-9-18(15-22(21)33-5)26-23-24(19-14-17(4)8-10-20(19)31)28-29-25(23)27(32)30(26)12-7-13-35-16(2)3/h8-11,14-16,26,31H,6-7,12-13H2,1-5H3,(H,28,29)/t26-/m0/s1. The number of nitrogens with one attached hydrogen (secondary N) is 1. The first-order valence-corrected chi connectivity index (χ1v) is 12.0. The van der Waals surface area contributed by atoms with Gasteiger partial charge >= 0.3 is 0 Å². The Morgan fingerprint density at radius 1 is 1.17 bits per heavy atom. The van der Waals surface area contributed by atoms with Crippen LogP contribution in [0.3, 0.4) is 0 Å². The number of aromatic hydroxyl groups is 1. The Morgan fingerprint density at radius 2 is 1.97 bits per heavy atom. The van der Waals surface area contributed by atoms with E-state index in [0.717, 1.165) is 16.7 Å². The first-order chi connectivity index (χ1) is 16.8. The van der Waals surface area contributed by atoms with Crippen LogP contribution >= 0.6 is 0 Å². The number of ether oxygens (including phenoxy) is 3. The third-order valence-electron chi connectivity index (χ3n) is 6.07. The second kappa shape index (κ2) is 10.4. The van der Waals surface area contributed by atoms with Crippen molar-refractivity contribution in [3.63, 3.8) is 0 Å². The summed E-state index contributed by atoms with van der Waals surface area (Å²) in [5.41, 5.74) is 4.18. The van der Waals surface area contributed by atoms with Gasteiger partial charge in [0.05, 0.1) is 25.9 Å². The fraction of sp³-hybridized carbons (Fsp3) is 0.407. The van der Waals surface area contributed by atoms with Gasteiger partial charge in [0.25, 0.3) is 5.91 Å². The topological polar surface area (TPSA) is 96.9 Å². The van der Waals surface area contributed by atoms with Gasteiger partial charge in [0.15, 0.2) is 11.5 Å². The molecule has 35 heavy (non-hydrogen) atoms. The van der Waals surface area contributed by atoms with Gasteiger partial charge in [0.2, 0.25) is 0 Å². The Morgan fingerprint density at radius 3 is 2.69 bits per heavy atom. The molecular formula is C27H33N3O5. The van der Waals surface area contributed by atoms with Crippen LogP contribution in [0.4, 0.5) is 0 Å². The van der Waals surface area contributed by atoms with Crippen LogP contribution < -0.4 is 9.47 Å². The van der Waals surface area contributed by atoms with Crippen molar-refractivity contribution in [1.82, 2.24) is 15.1 Å². The fourth-order valence-electron chi connectivity index (χ4n) is 4.50. The number of phenolic OH excluding ortho intramolecular Hbond substituents is 1. The number of hydrogen-bond donors (Lipinski definition) is 2. The number of benzene rings is 2. The molecule has 3 aromatic rings. The second-order valence-electron chi connectivity index (χ2n) is 8.90. The number of H-pyrrole nitrogens is 1. The van der Waals surface area contributed by atoms with Crippen molar-refractivity contribution in [3.8, 4) is 28.5 Å². The molecular weight excluding hydrogens is 446 g/mol. The van der Waals surface area contributed by atoms with Gasteiger partial charge in [-0.25, -0.2) is 0 Å². The number of aromatic amines is 1. The summed E-state index contributed by atoms with van der Waals surface area (Å²) in [6.07, 6.45) is 0.820. The van der Waals surface area contributed by atoms with Crippen LogP contribution in [0.5, 0.6) is 17.2 Å². The summed E-state index contributed by atoms with van der Waals surface area (Å²) in [5.74, 6) is 1.22. The molecule has 1 atom stereocenters. The molecule has 4 rings (SSSR count). The molecule has 8 nitrogen and oxygen atoms in total. The van der Waals surface area contributed by atoms with E-state index in [1.54, 1.807) is 13.2 Å². The van der Waals surface area contributed by atoms with Crippen molar-refractivity contribution < 1.29 is 24.1 Å². The van der Waals surface area contributed by atoms with E-state index < -0.39 is 6.04 Å². The minimum Gasteiger partial charge on any atom is -0.507 e. The first-order valence-electron chi connectivity index (χ1n) is 12.0. The maximum absolute atomic E-state index is 13.5. The minimum absolute atomic E-state index is 0.115. The Kier molecular flexibility index (Phi) is 7.31. The highest BCUT2D eigenvalue weighted by atomic mass is 16.5. The van der Waals surface area contributed by atoms with Crippen LogP contribution in [0.25, 0.3) is 11.3 Å². The number of carbonyl (C=O) groups excluding carboxylic acids is 1. The van der Waals surface area contributed by atoms with Crippen LogP contribution in [0.1, 0.15) is 60.4 Å². The molecule has 2 aromatic carbocycles. The van der Waals surface area contributed by atoms with Gasteiger partial charge in [-0.3, -0.25) is 9.89 Å². The number of phenols is 1. The minimum atomic E-state index is -0.408. The molecule has 2 heterocycles. The molecule has 8 heteroatoms. The molecule has 1 aromatic heterocycles. The van der Waals surface area contributed by atoms with Crippen molar-refractivity contribution in [3.05, 3.63) is 58.8 Å². The molecule has 186 valence electrons. The number of hydrogen-bond acceptors (Lipinski definition) is 6. The zero-order valence-corrected chi connectivity index (χ0v) is 20.9. The molecule has 0 bridgehead atoms. The SMILES string of the molecule is CCOc1ccc([C@H]2c3c(-c4cc(C)ccc4O)n[nH]c3C(=O)N2CCCOC(C)C)cc1OC. The lowest BCUT2D eigenvalue weighted by atomic mass is 9.94. The van der Waals surface area contributed by atoms with Crippen LogP contribution in [0.15, 0.2) is 36.4 Å². The van der Waals surface area contributed by atoms with Crippen molar-refractivity contribution in [2.45, 2.75) is 46.3 Å². The van der Waals surface area contributed by atoms with E-state index in [0.29, 0.717) is 54.6 Å². The molecule has 0 aliphatic carbocycles. The molecule has 1 aliphatic rings. The summed E-state index contributed by atoms with van der Waals surface area (Å²) in [7, 11) is 1.60.